The van der Waals surface area contributed by atoms with Gasteiger partial charge < -0.3 is 5.11 Å². The monoisotopic (exact) mass is 300 g/mol. The van der Waals surface area contributed by atoms with E-state index in [4.69, 9.17) is 11.6 Å². The van der Waals surface area contributed by atoms with Crippen molar-refractivity contribution in [2.75, 3.05) is 0 Å². The molecule has 0 radical (unpaired) electrons. The van der Waals surface area contributed by atoms with E-state index >= 15 is 0 Å². The van der Waals surface area contributed by atoms with Crippen LogP contribution >= 0.6 is 11.6 Å². The van der Waals surface area contributed by atoms with E-state index in [0.29, 0.717) is 10.7 Å². The lowest BCUT2D eigenvalue weighted by atomic mass is 9.98. The molecule has 3 rings (SSSR count). The molecule has 108 valence electrons. The second-order valence-electron chi connectivity index (χ2n) is 5.39. The van der Waals surface area contributed by atoms with Crippen LogP contribution in [0, 0.1) is 0 Å². The zero-order valence-corrected chi connectivity index (χ0v) is 12.7. The summed E-state index contributed by atoms with van der Waals surface area (Å²) in [5.41, 5.74) is 1.49. The average Bonchev–Trinajstić information content (AvgIpc) is 2.88. The molecule has 1 aromatic heterocycles. The third kappa shape index (κ3) is 2.43. The number of rotatable bonds is 3. The maximum absolute atomic E-state index is 10.8. The largest absolute Gasteiger partial charge is 0.382 e. The molecule has 4 heteroatoms. The lowest BCUT2D eigenvalue weighted by molar-refractivity contribution is 0.206. The molecule has 2 aromatic carbocycles. The van der Waals surface area contributed by atoms with E-state index in [1.54, 1.807) is 10.9 Å². The standard InChI is InChI=1S/C17H17ClN2O/c1-11(2)20-16(15(18)10-19-20)17(21)14-9-5-7-12-6-3-4-8-13(12)14/h3-11,17,21H,1-2H3. The van der Waals surface area contributed by atoms with Gasteiger partial charge in [0.2, 0.25) is 0 Å². The van der Waals surface area contributed by atoms with Crippen molar-refractivity contribution in [1.29, 1.82) is 0 Å². The van der Waals surface area contributed by atoms with E-state index in [0.717, 1.165) is 16.3 Å². The predicted octanol–water partition coefficient (Wildman–Crippen LogP) is 4.35. The Morgan fingerprint density at radius 1 is 1.10 bits per heavy atom. The highest BCUT2D eigenvalue weighted by atomic mass is 35.5. The SMILES string of the molecule is CC(C)n1ncc(Cl)c1C(O)c1cccc2ccccc12. The van der Waals surface area contributed by atoms with E-state index in [1.165, 1.54) is 0 Å². The Balaban J connectivity index is 2.17. The first kappa shape index (κ1) is 14.1. The number of aromatic nitrogens is 2. The predicted molar refractivity (Wildman–Crippen MR) is 85.6 cm³/mol. The highest BCUT2D eigenvalue weighted by Gasteiger charge is 2.22. The van der Waals surface area contributed by atoms with E-state index in [2.05, 4.69) is 5.10 Å². The molecule has 0 bridgehead atoms. The molecule has 0 aliphatic heterocycles. The summed E-state index contributed by atoms with van der Waals surface area (Å²) in [6, 6.07) is 14.1. The third-order valence-electron chi connectivity index (χ3n) is 3.65. The molecule has 0 fully saturated rings. The number of aliphatic hydroxyl groups is 1. The van der Waals surface area contributed by atoms with Crippen LogP contribution in [0.5, 0.6) is 0 Å². The Labute approximate surface area is 128 Å². The van der Waals surface area contributed by atoms with Crippen LogP contribution in [-0.4, -0.2) is 14.9 Å². The molecular formula is C17H17ClN2O. The number of hydrogen-bond acceptors (Lipinski definition) is 2. The van der Waals surface area contributed by atoms with Crippen LogP contribution in [0.15, 0.2) is 48.7 Å². The number of aliphatic hydroxyl groups excluding tert-OH is 1. The highest BCUT2D eigenvalue weighted by molar-refractivity contribution is 6.31. The lowest BCUT2D eigenvalue weighted by Gasteiger charge is -2.18. The summed E-state index contributed by atoms with van der Waals surface area (Å²) in [5, 5.41) is 17.7. The molecule has 3 aromatic rings. The van der Waals surface area contributed by atoms with Crippen molar-refractivity contribution in [3.63, 3.8) is 0 Å². The van der Waals surface area contributed by atoms with Gasteiger partial charge in [0, 0.05) is 6.04 Å². The van der Waals surface area contributed by atoms with Crippen LogP contribution in [-0.2, 0) is 0 Å². The van der Waals surface area contributed by atoms with Crippen molar-refractivity contribution in [1.82, 2.24) is 9.78 Å². The van der Waals surface area contributed by atoms with Gasteiger partial charge in [0.15, 0.2) is 0 Å². The van der Waals surface area contributed by atoms with Gasteiger partial charge in [0.25, 0.3) is 0 Å². The molecule has 1 unspecified atom stereocenters. The van der Waals surface area contributed by atoms with Gasteiger partial charge >= 0.3 is 0 Å². The van der Waals surface area contributed by atoms with Crippen LogP contribution in [0.1, 0.15) is 37.3 Å². The van der Waals surface area contributed by atoms with Crippen molar-refractivity contribution in [2.45, 2.75) is 26.0 Å². The van der Waals surface area contributed by atoms with E-state index in [1.807, 2.05) is 56.3 Å². The smallest absolute Gasteiger partial charge is 0.123 e. The van der Waals surface area contributed by atoms with Gasteiger partial charge in [-0.1, -0.05) is 54.1 Å². The minimum absolute atomic E-state index is 0.136. The van der Waals surface area contributed by atoms with Gasteiger partial charge in [-0.25, -0.2) is 0 Å². The Morgan fingerprint density at radius 3 is 2.57 bits per heavy atom. The minimum Gasteiger partial charge on any atom is -0.382 e. The van der Waals surface area contributed by atoms with Crippen molar-refractivity contribution in [2.24, 2.45) is 0 Å². The number of nitrogens with zero attached hydrogens (tertiary/aromatic N) is 2. The van der Waals surface area contributed by atoms with E-state index in [-0.39, 0.29) is 6.04 Å². The fourth-order valence-corrected chi connectivity index (χ4v) is 2.89. The molecule has 1 N–H and O–H groups in total. The second kappa shape index (κ2) is 5.51. The topological polar surface area (TPSA) is 38.0 Å². The maximum atomic E-state index is 10.8. The molecule has 1 atom stereocenters. The van der Waals surface area contributed by atoms with Gasteiger partial charge in [-0.3, -0.25) is 4.68 Å². The summed E-state index contributed by atoms with van der Waals surface area (Å²) in [6.07, 6.45) is 0.791. The third-order valence-corrected chi connectivity index (χ3v) is 3.94. The van der Waals surface area contributed by atoms with Crippen LogP contribution in [0.3, 0.4) is 0 Å². The average molecular weight is 301 g/mol. The molecule has 0 amide bonds. The Bertz CT molecular complexity index is 774. The second-order valence-corrected chi connectivity index (χ2v) is 5.79. The molecule has 0 spiro atoms. The van der Waals surface area contributed by atoms with Crippen LogP contribution in [0.4, 0.5) is 0 Å². The van der Waals surface area contributed by atoms with Crippen LogP contribution in [0.2, 0.25) is 5.02 Å². The molecule has 21 heavy (non-hydrogen) atoms. The quantitative estimate of drug-likeness (QED) is 0.781. The zero-order chi connectivity index (χ0) is 15.0. The molecular weight excluding hydrogens is 284 g/mol. The van der Waals surface area contributed by atoms with Gasteiger partial charge in [-0.15, -0.1) is 0 Å². The molecule has 0 aliphatic rings. The Kier molecular flexibility index (Phi) is 3.70. The van der Waals surface area contributed by atoms with Gasteiger partial charge in [0.05, 0.1) is 16.9 Å². The number of fused-ring (bicyclic) bond motifs is 1. The van der Waals surface area contributed by atoms with Gasteiger partial charge in [0.1, 0.15) is 6.10 Å². The van der Waals surface area contributed by atoms with Gasteiger partial charge in [-0.05, 0) is 30.2 Å². The number of halogens is 1. The normalized spacial score (nSPS) is 13.0. The summed E-state index contributed by atoms with van der Waals surface area (Å²) in [5.74, 6) is 0. The fourth-order valence-electron chi connectivity index (χ4n) is 2.65. The van der Waals surface area contributed by atoms with Crippen molar-refractivity contribution in [3.8, 4) is 0 Å². The Morgan fingerprint density at radius 2 is 1.81 bits per heavy atom. The van der Waals surface area contributed by atoms with E-state index in [9.17, 15) is 5.11 Å². The Hall–Kier alpha value is -1.84. The first-order chi connectivity index (χ1) is 10.1. The minimum atomic E-state index is -0.798. The highest BCUT2D eigenvalue weighted by Crippen LogP contribution is 2.33. The van der Waals surface area contributed by atoms with Gasteiger partial charge in [-0.2, -0.15) is 5.10 Å². The number of benzene rings is 2. The molecule has 1 heterocycles. The van der Waals surface area contributed by atoms with Crippen molar-refractivity contribution >= 4 is 22.4 Å². The molecule has 0 saturated carbocycles. The summed E-state index contributed by atoms with van der Waals surface area (Å²) in [4.78, 5) is 0. The first-order valence-corrected chi connectivity index (χ1v) is 7.36. The summed E-state index contributed by atoms with van der Waals surface area (Å²) < 4.78 is 1.77. The lowest BCUT2D eigenvalue weighted by Crippen LogP contribution is -2.12. The summed E-state index contributed by atoms with van der Waals surface area (Å²) in [6.45, 7) is 4.03. The summed E-state index contributed by atoms with van der Waals surface area (Å²) >= 11 is 6.24. The van der Waals surface area contributed by atoms with Crippen LogP contribution in [0.25, 0.3) is 10.8 Å². The fraction of sp³-hybridized carbons (Fsp3) is 0.235. The zero-order valence-electron chi connectivity index (χ0n) is 12.0. The number of hydrogen-bond donors (Lipinski definition) is 1. The first-order valence-electron chi connectivity index (χ1n) is 6.98. The van der Waals surface area contributed by atoms with E-state index < -0.39 is 6.10 Å². The molecule has 0 saturated heterocycles. The van der Waals surface area contributed by atoms with Crippen molar-refractivity contribution in [3.05, 3.63) is 64.9 Å². The van der Waals surface area contributed by atoms with Crippen LogP contribution < -0.4 is 0 Å². The molecule has 3 nitrogen and oxygen atoms in total. The molecule has 0 aliphatic carbocycles. The van der Waals surface area contributed by atoms with Crippen molar-refractivity contribution < 1.29 is 5.11 Å². The maximum Gasteiger partial charge on any atom is 0.123 e. The summed E-state index contributed by atoms with van der Waals surface area (Å²) in [7, 11) is 0.